The van der Waals surface area contributed by atoms with Crippen LogP contribution in [-0.2, 0) is 19.1 Å². The number of hydrogen-bond acceptors (Lipinski definition) is 5. The lowest BCUT2D eigenvalue weighted by Gasteiger charge is -2.32. The zero-order valence-electron chi connectivity index (χ0n) is 18.9. The van der Waals surface area contributed by atoms with E-state index in [1.165, 1.54) is 25.9 Å². The molecule has 1 aliphatic carbocycles. The van der Waals surface area contributed by atoms with Crippen LogP contribution in [0.1, 0.15) is 37.3 Å². The van der Waals surface area contributed by atoms with Crippen molar-refractivity contribution in [2.45, 2.75) is 43.9 Å². The molecule has 174 valence electrons. The number of hydrogen-bond donors (Lipinski definition) is 2. The van der Waals surface area contributed by atoms with Gasteiger partial charge in [0.1, 0.15) is 18.2 Å². The maximum absolute atomic E-state index is 13.1. The van der Waals surface area contributed by atoms with E-state index in [2.05, 4.69) is 17.4 Å². The van der Waals surface area contributed by atoms with Gasteiger partial charge in [0.25, 0.3) is 0 Å². The number of alkyl carbamates (subject to hydrolysis) is 1. The molecule has 8 nitrogen and oxygen atoms in total. The van der Waals surface area contributed by atoms with E-state index in [1.54, 1.807) is 0 Å². The number of carboxylic acids is 1. The number of likely N-dealkylation sites (tertiary alicyclic amines) is 1. The van der Waals surface area contributed by atoms with Crippen molar-refractivity contribution in [3.63, 3.8) is 0 Å². The number of carbonyl (C=O) groups is 3. The predicted octanol–water partition coefficient (Wildman–Crippen LogP) is 3.00. The molecule has 2 amide bonds. The van der Waals surface area contributed by atoms with Crippen LogP contribution in [0.3, 0.4) is 0 Å². The highest BCUT2D eigenvalue weighted by Gasteiger charge is 2.45. The third kappa shape index (κ3) is 4.30. The van der Waals surface area contributed by atoms with Crippen molar-refractivity contribution < 1.29 is 29.0 Å². The zero-order valence-corrected chi connectivity index (χ0v) is 18.9. The van der Waals surface area contributed by atoms with E-state index in [1.807, 2.05) is 36.4 Å². The van der Waals surface area contributed by atoms with Crippen molar-refractivity contribution in [1.29, 1.82) is 0 Å². The lowest BCUT2D eigenvalue weighted by molar-refractivity contribution is -0.150. The van der Waals surface area contributed by atoms with Crippen LogP contribution >= 0.6 is 0 Å². The first-order chi connectivity index (χ1) is 15.7. The van der Waals surface area contributed by atoms with Crippen LogP contribution in [-0.4, -0.2) is 65.9 Å². The quantitative estimate of drug-likeness (QED) is 0.698. The van der Waals surface area contributed by atoms with Crippen LogP contribution in [0, 0.1) is 0 Å². The summed E-state index contributed by atoms with van der Waals surface area (Å²) in [4.78, 5) is 38.6. The minimum Gasteiger partial charge on any atom is -0.480 e. The fraction of sp³-hybridized carbons (Fsp3) is 0.400. The minimum absolute atomic E-state index is 0.0978. The number of carbonyl (C=O) groups excluding carboxylic acids is 2. The molecule has 8 heteroatoms. The molecule has 33 heavy (non-hydrogen) atoms. The van der Waals surface area contributed by atoms with E-state index >= 15 is 0 Å². The van der Waals surface area contributed by atoms with E-state index in [9.17, 15) is 19.5 Å². The summed E-state index contributed by atoms with van der Waals surface area (Å²) in [6, 6.07) is 15.1. The molecule has 0 aromatic heterocycles. The van der Waals surface area contributed by atoms with Gasteiger partial charge in [-0.2, -0.15) is 0 Å². The molecule has 2 unspecified atom stereocenters. The normalized spacial score (nSPS) is 19.7. The smallest absolute Gasteiger partial charge is 0.408 e. The van der Waals surface area contributed by atoms with Gasteiger partial charge in [-0.05, 0) is 36.1 Å². The second-order valence-electron chi connectivity index (χ2n) is 8.98. The summed E-state index contributed by atoms with van der Waals surface area (Å²) in [5.41, 5.74) is 3.08. The topological polar surface area (TPSA) is 105 Å². The van der Waals surface area contributed by atoms with Gasteiger partial charge in [-0.1, -0.05) is 48.5 Å². The summed E-state index contributed by atoms with van der Waals surface area (Å²) < 4.78 is 10.8. The Kier molecular flexibility index (Phi) is 6.12. The third-order valence-corrected chi connectivity index (χ3v) is 6.43. The van der Waals surface area contributed by atoms with Crippen LogP contribution in [0.15, 0.2) is 48.5 Å². The van der Waals surface area contributed by atoms with Gasteiger partial charge in [-0.15, -0.1) is 0 Å². The van der Waals surface area contributed by atoms with Crippen LogP contribution in [0.2, 0.25) is 0 Å². The van der Waals surface area contributed by atoms with Crippen LogP contribution in [0.4, 0.5) is 4.79 Å². The first-order valence-corrected chi connectivity index (χ1v) is 10.9. The number of ether oxygens (including phenoxy) is 2. The first kappa shape index (κ1) is 22.8. The SMILES string of the molecule is COC1CC(C(=O)O)N(C(=O)C(C)(C)NC(=O)OCC2c3ccccc3-c3ccccc32)C1. The first-order valence-electron chi connectivity index (χ1n) is 10.9. The molecule has 0 bridgehead atoms. The van der Waals surface area contributed by atoms with Crippen molar-refractivity contribution in [3.05, 3.63) is 59.7 Å². The number of nitrogens with zero attached hydrogens (tertiary/aromatic N) is 1. The number of carboxylic acid groups (broad SMARTS) is 1. The molecule has 2 N–H and O–H groups in total. The zero-order chi connectivity index (χ0) is 23.8. The minimum atomic E-state index is -1.35. The summed E-state index contributed by atoms with van der Waals surface area (Å²) in [6.45, 7) is 3.35. The molecule has 1 heterocycles. The van der Waals surface area contributed by atoms with E-state index in [4.69, 9.17) is 9.47 Å². The summed E-state index contributed by atoms with van der Waals surface area (Å²) in [6.07, 6.45) is -0.886. The Labute approximate surface area is 192 Å². The van der Waals surface area contributed by atoms with Crippen molar-refractivity contribution >= 4 is 18.0 Å². The second-order valence-corrected chi connectivity index (χ2v) is 8.98. The Morgan fingerprint density at radius 1 is 1.06 bits per heavy atom. The molecule has 1 saturated heterocycles. The van der Waals surface area contributed by atoms with Gasteiger partial charge in [0.2, 0.25) is 5.91 Å². The van der Waals surface area contributed by atoms with Crippen LogP contribution in [0.25, 0.3) is 11.1 Å². The lowest BCUT2D eigenvalue weighted by atomic mass is 9.98. The number of fused-ring (bicyclic) bond motifs is 3. The maximum Gasteiger partial charge on any atom is 0.408 e. The molecule has 2 aliphatic rings. The Bertz CT molecular complexity index is 1040. The van der Waals surface area contributed by atoms with Crippen molar-refractivity contribution in [1.82, 2.24) is 10.2 Å². The maximum atomic E-state index is 13.1. The van der Waals surface area contributed by atoms with Gasteiger partial charge in [-0.3, -0.25) is 4.79 Å². The van der Waals surface area contributed by atoms with E-state index < -0.39 is 29.6 Å². The standard InChI is InChI=1S/C25H28N2O6/c1-25(2,23(30)27-13-15(32-3)12-21(27)22(28)29)26-24(31)33-14-20-18-10-6-4-8-16(18)17-9-5-7-11-19(17)20/h4-11,15,20-21H,12-14H2,1-3H3,(H,26,31)(H,28,29). The lowest BCUT2D eigenvalue weighted by Crippen LogP contribution is -2.58. The predicted molar refractivity (Wildman–Crippen MR) is 121 cm³/mol. The molecule has 4 rings (SSSR count). The Morgan fingerprint density at radius 2 is 1.64 bits per heavy atom. The molecule has 2 atom stereocenters. The van der Waals surface area contributed by atoms with Crippen LogP contribution < -0.4 is 5.32 Å². The van der Waals surface area contributed by atoms with E-state index in [0.29, 0.717) is 0 Å². The highest BCUT2D eigenvalue weighted by Crippen LogP contribution is 2.44. The molecular formula is C25H28N2O6. The van der Waals surface area contributed by atoms with Gasteiger partial charge >= 0.3 is 12.1 Å². The number of aliphatic carboxylic acids is 1. The average Bonchev–Trinajstić information content (AvgIpc) is 3.37. The van der Waals surface area contributed by atoms with Gasteiger partial charge in [-0.25, -0.2) is 9.59 Å². The van der Waals surface area contributed by atoms with Gasteiger partial charge in [0.15, 0.2) is 0 Å². The fourth-order valence-electron chi connectivity index (χ4n) is 4.73. The van der Waals surface area contributed by atoms with Crippen molar-refractivity contribution in [2.75, 3.05) is 20.3 Å². The molecule has 2 aromatic carbocycles. The van der Waals surface area contributed by atoms with Gasteiger partial charge in [0.05, 0.1) is 6.10 Å². The molecule has 1 fully saturated rings. The van der Waals surface area contributed by atoms with Gasteiger partial charge in [0, 0.05) is 26.0 Å². The van der Waals surface area contributed by atoms with E-state index in [-0.39, 0.29) is 31.6 Å². The Balaban J connectivity index is 1.43. The molecule has 1 aliphatic heterocycles. The van der Waals surface area contributed by atoms with Gasteiger partial charge < -0.3 is 24.8 Å². The monoisotopic (exact) mass is 452 g/mol. The molecular weight excluding hydrogens is 424 g/mol. The Morgan fingerprint density at radius 3 is 2.18 bits per heavy atom. The highest BCUT2D eigenvalue weighted by atomic mass is 16.5. The highest BCUT2D eigenvalue weighted by molar-refractivity contribution is 5.92. The number of amides is 2. The molecule has 2 aromatic rings. The third-order valence-electron chi connectivity index (χ3n) is 6.43. The Hall–Kier alpha value is -3.39. The number of methoxy groups -OCH3 is 1. The van der Waals surface area contributed by atoms with Crippen LogP contribution in [0.5, 0.6) is 0 Å². The molecule has 0 radical (unpaired) electrons. The number of benzene rings is 2. The second kappa shape index (κ2) is 8.86. The van der Waals surface area contributed by atoms with Crippen molar-refractivity contribution in [2.24, 2.45) is 0 Å². The largest absolute Gasteiger partial charge is 0.480 e. The molecule has 0 spiro atoms. The van der Waals surface area contributed by atoms with E-state index in [0.717, 1.165) is 22.3 Å². The number of rotatable bonds is 6. The molecule has 0 saturated carbocycles. The fourth-order valence-corrected chi connectivity index (χ4v) is 4.73. The summed E-state index contributed by atoms with van der Waals surface area (Å²) in [5.74, 6) is -1.69. The number of nitrogens with one attached hydrogen (secondary N) is 1. The summed E-state index contributed by atoms with van der Waals surface area (Å²) in [5, 5.41) is 12.1. The average molecular weight is 453 g/mol. The van der Waals surface area contributed by atoms with Crippen molar-refractivity contribution in [3.8, 4) is 11.1 Å². The summed E-state index contributed by atoms with van der Waals surface area (Å²) >= 11 is 0. The summed E-state index contributed by atoms with van der Waals surface area (Å²) in [7, 11) is 1.48.